The Balaban J connectivity index is 2.51. The zero-order chi connectivity index (χ0) is 11.1. The first-order valence-corrected chi connectivity index (χ1v) is 5.80. The van der Waals surface area contributed by atoms with Crippen LogP contribution in [0.1, 0.15) is 31.2 Å². The van der Waals surface area contributed by atoms with Gasteiger partial charge < -0.3 is 10.8 Å². The molecule has 1 aliphatic carbocycles. The number of nitrogens with two attached hydrogens (primary N) is 1. The number of benzene rings is 1. The van der Waals surface area contributed by atoms with Crippen molar-refractivity contribution in [3.63, 3.8) is 0 Å². The van der Waals surface area contributed by atoms with Crippen LogP contribution in [0.15, 0.2) is 16.6 Å². The molecule has 0 amide bonds. The molecule has 0 aromatic heterocycles. The van der Waals surface area contributed by atoms with Crippen LogP contribution in [0.2, 0.25) is 0 Å². The van der Waals surface area contributed by atoms with Crippen LogP contribution in [0.4, 0.5) is 4.39 Å². The number of hydrogen-bond acceptors (Lipinski definition) is 2. The van der Waals surface area contributed by atoms with Gasteiger partial charge in [0.25, 0.3) is 0 Å². The molecule has 0 saturated heterocycles. The predicted octanol–water partition coefficient (Wildman–Crippen LogP) is 3.02. The van der Waals surface area contributed by atoms with E-state index in [-0.39, 0.29) is 5.75 Å². The van der Waals surface area contributed by atoms with Gasteiger partial charge in [-0.2, -0.15) is 0 Å². The molecule has 15 heavy (non-hydrogen) atoms. The lowest BCUT2D eigenvalue weighted by Crippen LogP contribution is -2.33. The third kappa shape index (κ3) is 1.88. The van der Waals surface area contributed by atoms with Gasteiger partial charge >= 0.3 is 0 Å². The van der Waals surface area contributed by atoms with Crippen molar-refractivity contribution in [1.82, 2.24) is 0 Å². The van der Waals surface area contributed by atoms with E-state index in [1.165, 1.54) is 6.07 Å². The number of phenols is 1. The fraction of sp³-hybridized carbons (Fsp3) is 0.455. The number of hydrogen-bond donors (Lipinski definition) is 2. The molecular formula is C11H13BrFNO. The third-order valence-corrected chi connectivity index (χ3v) is 3.52. The van der Waals surface area contributed by atoms with Crippen molar-refractivity contribution >= 4 is 15.9 Å². The largest absolute Gasteiger partial charge is 0.505 e. The van der Waals surface area contributed by atoms with Crippen LogP contribution in [-0.2, 0) is 5.54 Å². The van der Waals surface area contributed by atoms with E-state index in [1.54, 1.807) is 6.07 Å². The minimum absolute atomic E-state index is 0.303. The van der Waals surface area contributed by atoms with Crippen LogP contribution in [0.25, 0.3) is 0 Å². The van der Waals surface area contributed by atoms with Crippen molar-refractivity contribution in [3.8, 4) is 5.75 Å². The maximum absolute atomic E-state index is 13.3. The van der Waals surface area contributed by atoms with Gasteiger partial charge in [0, 0.05) is 15.6 Å². The summed E-state index contributed by atoms with van der Waals surface area (Å²) < 4.78 is 13.9. The zero-order valence-corrected chi connectivity index (χ0v) is 9.85. The molecule has 0 atom stereocenters. The van der Waals surface area contributed by atoms with Crippen molar-refractivity contribution in [2.24, 2.45) is 5.73 Å². The summed E-state index contributed by atoms with van der Waals surface area (Å²) in [6, 6.07) is 2.96. The molecule has 82 valence electrons. The Hall–Kier alpha value is -0.610. The summed E-state index contributed by atoms with van der Waals surface area (Å²) in [6.07, 6.45) is 3.67. The van der Waals surface area contributed by atoms with Gasteiger partial charge in [0.15, 0.2) is 11.6 Å². The van der Waals surface area contributed by atoms with Crippen molar-refractivity contribution in [2.75, 3.05) is 0 Å². The molecule has 0 radical (unpaired) electrons. The maximum Gasteiger partial charge on any atom is 0.166 e. The topological polar surface area (TPSA) is 46.2 Å². The van der Waals surface area contributed by atoms with Crippen LogP contribution < -0.4 is 5.73 Å². The summed E-state index contributed by atoms with van der Waals surface area (Å²) in [5.41, 5.74) is 6.13. The second-order valence-electron chi connectivity index (χ2n) is 4.15. The Labute approximate surface area is 96.4 Å². The van der Waals surface area contributed by atoms with Gasteiger partial charge in [-0.3, -0.25) is 0 Å². The van der Waals surface area contributed by atoms with Gasteiger partial charge in [0.1, 0.15) is 0 Å². The smallest absolute Gasteiger partial charge is 0.166 e. The first-order valence-electron chi connectivity index (χ1n) is 5.00. The van der Waals surface area contributed by atoms with E-state index in [4.69, 9.17) is 5.73 Å². The van der Waals surface area contributed by atoms with E-state index < -0.39 is 11.4 Å². The van der Waals surface area contributed by atoms with Crippen LogP contribution >= 0.6 is 15.9 Å². The number of phenolic OH excluding ortho intramolecular Hbond substituents is 1. The lowest BCUT2D eigenvalue weighted by molar-refractivity contribution is 0.385. The minimum atomic E-state index is -0.615. The summed E-state index contributed by atoms with van der Waals surface area (Å²) in [5, 5.41) is 9.67. The Morgan fingerprint density at radius 2 is 1.93 bits per heavy atom. The van der Waals surface area contributed by atoms with Crippen molar-refractivity contribution < 1.29 is 9.50 Å². The Bertz CT molecular complexity index is 388. The van der Waals surface area contributed by atoms with Crippen molar-refractivity contribution in [2.45, 2.75) is 31.2 Å². The average Bonchev–Trinajstić information content (AvgIpc) is 2.59. The zero-order valence-electron chi connectivity index (χ0n) is 8.26. The Morgan fingerprint density at radius 3 is 2.53 bits per heavy atom. The van der Waals surface area contributed by atoms with Crippen molar-refractivity contribution in [3.05, 3.63) is 28.0 Å². The first-order chi connectivity index (χ1) is 7.03. The molecule has 0 aliphatic heterocycles. The first kappa shape index (κ1) is 10.9. The molecule has 0 spiro atoms. The highest BCUT2D eigenvalue weighted by molar-refractivity contribution is 9.10. The number of aromatic hydroxyl groups is 1. The average molecular weight is 274 g/mol. The molecule has 1 saturated carbocycles. The van der Waals surface area contributed by atoms with E-state index in [9.17, 15) is 9.50 Å². The minimum Gasteiger partial charge on any atom is -0.505 e. The second kappa shape index (κ2) is 3.76. The van der Waals surface area contributed by atoms with Crippen LogP contribution in [0, 0.1) is 5.82 Å². The quantitative estimate of drug-likeness (QED) is 0.826. The van der Waals surface area contributed by atoms with Gasteiger partial charge in [-0.1, -0.05) is 28.8 Å². The molecule has 1 fully saturated rings. The molecule has 2 nitrogen and oxygen atoms in total. The van der Waals surface area contributed by atoms with E-state index in [0.717, 1.165) is 25.7 Å². The SMILES string of the molecule is NC1(c2cc(Br)cc(F)c2O)CCCC1. The van der Waals surface area contributed by atoms with Crippen molar-refractivity contribution in [1.29, 1.82) is 0 Å². The van der Waals surface area contributed by atoms with Crippen LogP contribution in [-0.4, -0.2) is 5.11 Å². The summed E-state index contributed by atoms with van der Waals surface area (Å²) in [5.74, 6) is -0.918. The highest BCUT2D eigenvalue weighted by Crippen LogP contribution is 2.42. The third-order valence-electron chi connectivity index (χ3n) is 3.06. The van der Waals surface area contributed by atoms with Crippen LogP contribution in [0.5, 0.6) is 5.75 Å². The van der Waals surface area contributed by atoms with Gasteiger partial charge in [-0.15, -0.1) is 0 Å². The molecule has 0 unspecified atom stereocenters. The Morgan fingerprint density at radius 1 is 1.33 bits per heavy atom. The molecule has 1 aliphatic rings. The standard InChI is InChI=1S/C11H13BrFNO/c12-7-5-8(10(15)9(13)6-7)11(14)3-1-2-4-11/h5-6,15H,1-4,14H2. The lowest BCUT2D eigenvalue weighted by atomic mass is 9.88. The fourth-order valence-corrected chi connectivity index (χ4v) is 2.65. The molecule has 1 aromatic carbocycles. The molecule has 4 heteroatoms. The van der Waals surface area contributed by atoms with Gasteiger partial charge in [0.05, 0.1) is 0 Å². The molecule has 3 N–H and O–H groups in total. The van der Waals surface area contributed by atoms with E-state index in [2.05, 4.69) is 15.9 Å². The summed E-state index contributed by atoms with van der Waals surface area (Å²) in [6.45, 7) is 0. The molecular weight excluding hydrogens is 261 g/mol. The highest BCUT2D eigenvalue weighted by atomic mass is 79.9. The lowest BCUT2D eigenvalue weighted by Gasteiger charge is -2.25. The van der Waals surface area contributed by atoms with Gasteiger partial charge in [0.2, 0.25) is 0 Å². The summed E-state index contributed by atoms with van der Waals surface area (Å²) >= 11 is 3.21. The highest BCUT2D eigenvalue weighted by Gasteiger charge is 2.34. The van der Waals surface area contributed by atoms with Crippen LogP contribution in [0.3, 0.4) is 0 Å². The number of rotatable bonds is 1. The van der Waals surface area contributed by atoms with Gasteiger partial charge in [-0.05, 0) is 25.0 Å². The summed E-state index contributed by atoms with van der Waals surface area (Å²) in [4.78, 5) is 0. The predicted molar refractivity (Wildman–Crippen MR) is 60.1 cm³/mol. The Kier molecular flexibility index (Phi) is 2.73. The van der Waals surface area contributed by atoms with E-state index >= 15 is 0 Å². The molecule has 0 heterocycles. The maximum atomic E-state index is 13.3. The van der Waals surface area contributed by atoms with E-state index in [1.807, 2.05) is 0 Å². The second-order valence-corrected chi connectivity index (χ2v) is 5.06. The molecule has 0 bridgehead atoms. The molecule has 2 rings (SSSR count). The monoisotopic (exact) mass is 273 g/mol. The van der Waals surface area contributed by atoms with E-state index in [0.29, 0.717) is 10.0 Å². The fourth-order valence-electron chi connectivity index (χ4n) is 2.22. The molecule has 1 aromatic rings. The van der Waals surface area contributed by atoms with Gasteiger partial charge in [-0.25, -0.2) is 4.39 Å². The normalized spacial score (nSPS) is 19.4. The number of halogens is 2. The summed E-state index contributed by atoms with van der Waals surface area (Å²) in [7, 11) is 0.